The van der Waals surface area contributed by atoms with Gasteiger partial charge >= 0.3 is 6.18 Å². The molecule has 0 saturated carbocycles. The maximum Gasteiger partial charge on any atom is 0.416 e. The van der Waals surface area contributed by atoms with E-state index >= 15 is 0 Å². The van der Waals surface area contributed by atoms with E-state index in [1.54, 1.807) is 12.2 Å². The van der Waals surface area contributed by atoms with E-state index in [1.165, 1.54) is 13.2 Å². The van der Waals surface area contributed by atoms with Crippen LogP contribution in [0, 0.1) is 11.3 Å². The Morgan fingerprint density at radius 2 is 2.12 bits per heavy atom. The van der Waals surface area contributed by atoms with Crippen LogP contribution >= 0.6 is 0 Å². The van der Waals surface area contributed by atoms with Gasteiger partial charge in [-0.2, -0.15) is 18.4 Å². The number of rotatable bonds is 3. The molecule has 0 aromatic heterocycles. The molecule has 0 bridgehead atoms. The zero-order chi connectivity index (χ0) is 12.9. The molecule has 17 heavy (non-hydrogen) atoms. The monoisotopic (exact) mass is 241 g/mol. The first-order valence-corrected chi connectivity index (χ1v) is 4.77. The molecular weight excluding hydrogens is 231 g/mol. The Morgan fingerprint density at radius 1 is 1.41 bits per heavy atom. The van der Waals surface area contributed by atoms with E-state index in [1.807, 2.05) is 6.07 Å². The van der Waals surface area contributed by atoms with Crippen molar-refractivity contribution in [2.24, 2.45) is 0 Å². The molecule has 90 valence electrons. The SMILES string of the molecule is COc1cc(C(F)(F)F)ccc1C=CCC#N. The van der Waals surface area contributed by atoms with Crippen molar-refractivity contribution >= 4 is 6.08 Å². The maximum atomic E-state index is 12.4. The van der Waals surface area contributed by atoms with Gasteiger partial charge in [0.15, 0.2) is 0 Å². The van der Waals surface area contributed by atoms with Crippen LogP contribution in [0.5, 0.6) is 5.75 Å². The summed E-state index contributed by atoms with van der Waals surface area (Å²) in [5.74, 6) is 0.133. The summed E-state index contributed by atoms with van der Waals surface area (Å²) in [6.45, 7) is 0. The standard InChI is InChI=1S/C12H10F3NO/c1-17-11-8-10(12(13,14)15)6-5-9(11)4-2-3-7-16/h2,4-6,8H,3H2,1H3. The number of ether oxygens (including phenoxy) is 1. The summed E-state index contributed by atoms with van der Waals surface area (Å²) in [5.41, 5.74) is -0.248. The Labute approximate surface area is 96.9 Å². The summed E-state index contributed by atoms with van der Waals surface area (Å²) in [6, 6.07) is 5.14. The number of hydrogen-bond donors (Lipinski definition) is 0. The fourth-order valence-corrected chi connectivity index (χ4v) is 1.26. The highest BCUT2D eigenvalue weighted by Crippen LogP contribution is 2.33. The van der Waals surface area contributed by atoms with E-state index in [0.717, 1.165) is 12.1 Å². The lowest BCUT2D eigenvalue weighted by Gasteiger charge is -2.10. The van der Waals surface area contributed by atoms with Gasteiger partial charge in [-0.3, -0.25) is 0 Å². The predicted molar refractivity (Wildman–Crippen MR) is 57.3 cm³/mol. The third-order valence-electron chi connectivity index (χ3n) is 2.07. The van der Waals surface area contributed by atoms with Gasteiger partial charge in [0.05, 0.1) is 25.2 Å². The van der Waals surface area contributed by atoms with Gasteiger partial charge in [0.2, 0.25) is 0 Å². The lowest BCUT2D eigenvalue weighted by Crippen LogP contribution is -2.05. The molecule has 0 amide bonds. The van der Waals surface area contributed by atoms with E-state index in [0.29, 0.717) is 5.56 Å². The molecule has 1 rings (SSSR count). The van der Waals surface area contributed by atoms with Crippen LogP contribution in [0.2, 0.25) is 0 Å². The van der Waals surface area contributed by atoms with Gasteiger partial charge < -0.3 is 4.74 Å². The van der Waals surface area contributed by atoms with Gasteiger partial charge in [-0.15, -0.1) is 0 Å². The van der Waals surface area contributed by atoms with Crippen LogP contribution in [-0.4, -0.2) is 7.11 Å². The van der Waals surface area contributed by atoms with Gasteiger partial charge in [-0.25, -0.2) is 0 Å². The fraction of sp³-hybridized carbons (Fsp3) is 0.250. The molecule has 1 aromatic rings. The third kappa shape index (κ3) is 3.52. The summed E-state index contributed by atoms with van der Waals surface area (Å²) >= 11 is 0. The van der Waals surface area contributed by atoms with Crippen molar-refractivity contribution in [3.63, 3.8) is 0 Å². The third-order valence-corrected chi connectivity index (χ3v) is 2.07. The van der Waals surface area contributed by atoms with Crippen LogP contribution in [-0.2, 0) is 6.18 Å². The second-order valence-electron chi connectivity index (χ2n) is 3.22. The van der Waals surface area contributed by atoms with Gasteiger partial charge in [0, 0.05) is 5.56 Å². The Balaban J connectivity index is 3.07. The molecule has 2 nitrogen and oxygen atoms in total. The highest BCUT2D eigenvalue weighted by molar-refractivity contribution is 5.58. The molecule has 0 fully saturated rings. The predicted octanol–water partition coefficient (Wildman–Crippen LogP) is 3.64. The summed E-state index contributed by atoms with van der Waals surface area (Å²) in [5, 5.41) is 8.34. The number of allylic oxidation sites excluding steroid dienone is 1. The van der Waals surface area contributed by atoms with E-state index in [9.17, 15) is 13.2 Å². The van der Waals surface area contributed by atoms with Crippen molar-refractivity contribution in [1.29, 1.82) is 5.26 Å². The van der Waals surface area contributed by atoms with Gasteiger partial charge in [-0.1, -0.05) is 18.2 Å². The summed E-state index contributed by atoms with van der Waals surface area (Å²) < 4.78 is 42.2. The Kier molecular flexibility index (Phi) is 4.16. The molecular formula is C12H10F3NO. The lowest BCUT2D eigenvalue weighted by molar-refractivity contribution is -0.137. The van der Waals surface area contributed by atoms with E-state index in [-0.39, 0.29) is 12.2 Å². The second kappa shape index (κ2) is 5.39. The van der Waals surface area contributed by atoms with Crippen LogP contribution in [0.1, 0.15) is 17.5 Å². The van der Waals surface area contributed by atoms with Crippen LogP contribution in [0.3, 0.4) is 0 Å². The van der Waals surface area contributed by atoms with Crippen molar-refractivity contribution < 1.29 is 17.9 Å². The first-order valence-electron chi connectivity index (χ1n) is 4.77. The molecule has 0 aliphatic carbocycles. The minimum absolute atomic E-state index is 0.133. The molecule has 0 N–H and O–H groups in total. The molecule has 0 aliphatic rings. The molecule has 0 atom stereocenters. The first-order chi connectivity index (χ1) is 7.99. The lowest BCUT2D eigenvalue weighted by atomic mass is 10.1. The number of halogens is 3. The zero-order valence-corrected chi connectivity index (χ0v) is 9.08. The zero-order valence-electron chi connectivity index (χ0n) is 9.08. The molecule has 0 heterocycles. The summed E-state index contributed by atoms with van der Waals surface area (Å²) in [6.07, 6.45) is -1.07. The van der Waals surface area contributed by atoms with Crippen molar-refractivity contribution in [3.8, 4) is 11.8 Å². The highest BCUT2D eigenvalue weighted by Gasteiger charge is 2.31. The Hall–Kier alpha value is -1.96. The average molecular weight is 241 g/mol. The Bertz CT molecular complexity index is 458. The van der Waals surface area contributed by atoms with Gasteiger partial charge in [-0.05, 0) is 12.1 Å². The molecule has 0 spiro atoms. The number of benzene rings is 1. The quantitative estimate of drug-likeness (QED) is 0.809. The molecule has 0 aliphatic heterocycles. The molecule has 5 heteroatoms. The first kappa shape index (κ1) is 13.1. The molecule has 1 aromatic carbocycles. The highest BCUT2D eigenvalue weighted by atomic mass is 19.4. The number of alkyl halides is 3. The van der Waals surface area contributed by atoms with Crippen LogP contribution < -0.4 is 4.74 Å². The smallest absolute Gasteiger partial charge is 0.416 e. The topological polar surface area (TPSA) is 33.0 Å². The average Bonchev–Trinajstić information content (AvgIpc) is 2.28. The van der Waals surface area contributed by atoms with Crippen molar-refractivity contribution in [2.75, 3.05) is 7.11 Å². The maximum absolute atomic E-state index is 12.4. The Morgan fingerprint density at radius 3 is 2.65 bits per heavy atom. The molecule has 0 radical (unpaired) electrons. The molecule has 0 unspecified atom stereocenters. The van der Waals surface area contributed by atoms with Crippen molar-refractivity contribution in [2.45, 2.75) is 12.6 Å². The summed E-state index contributed by atoms with van der Waals surface area (Å²) in [4.78, 5) is 0. The van der Waals surface area contributed by atoms with Crippen molar-refractivity contribution in [1.82, 2.24) is 0 Å². The second-order valence-corrected chi connectivity index (χ2v) is 3.22. The van der Waals surface area contributed by atoms with E-state index < -0.39 is 11.7 Å². The van der Waals surface area contributed by atoms with Crippen molar-refractivity contribution in [3.05, 3.63) is 35.4 Å². The fourth-order valence-electron chi connectivity index (χ4n) is 1.26. The number of methoxy groups -OCH3 is 1. The number of nitriles is 1. The molecule has 0 saturated heterocycles. The van der Waals surface area contributed by atoms with Gasteiger partial charge in [0.25, 0.3) is 0 Å². The van der Waals surface area contributed by atoms with Crippen LogP contribution in [0.15, 0.2) is 24.3 Å². The normalized spacial score (nSPS) is 11.5. The minimum Gasteiger partial charge on any atom is -0.496 e. The van der Waals surface area contributed by atoms with Crippen LogP contribution in [0.4, 0.5) is 13.2 Å². The van der Waals surface area contributed by atoms with Crippen LogP contribution in [0.25, 0.3) is 6.08 Å². The largest absolute Gasteiger partial charge is 0.496 e. The number of hydrogen-bond acceptors (Lipinski definition) is 2. The minimum atomic E-state index is -4.39. The summed E-state index contributed by atoms with van der Waals surface area (Å²) in [7, 11) is 1.30. The van der Waals surface area contributed by atoms with E-state index in [2.05, 4.69) is 0 Å². The van der Waals surface area contributed by atoms with E-state index in [4.69, 9.17) is 10.00 Å². The van der Waals surface area contributed by atoms with Gasteiger partial charge in [0.1, 0.15) is 5.75 Å². The number of nitrogens with zero attached hydrogens (tertiary/aromatic N) is 1.